The van der Waals surface area contributed by atoms with Crippen LogP contribution in [0.15, 0.2) is 5.10 Å². The maximum absolute atomic E-state index is 12.4. The zero-order valence-corrected chi connectivity index (χ0v) is 24.9. The molecule has 193 valence electrons. The second-order valence-corrected chi connectivity index (χ2v) is 11.3. The Balaban J connectivity index is 0.00000158. The average molecular weight is 657 g/mol. The SMILES string of the molecule is CC.CC(C)(C)N1CCCC2(CCCS(=O)(=O)N2)C1COC1CCC(=N[NH-])CC1.O=CO.[Ta]. The Labute approximate surface area is 215 Å². The van der Waals surface area contributed by atoms with Crippen molar-refractivity contribution in [3.8, 4) is 0 Å². The number of piperidine rings is 1. The topological polar surface area (TPSA) is 132 Å². The molecule has 2 aliphatic heterocycles. The van der Waals surface area contributed by atoms with Gasteiger partial charge in [-0.1, -0.05) is 13.8 Å². The first kappa shape index (κ1) is 32.5. The van der Waals surface area contributed by atoms with Crippen LogP contribution >= 0.6 is 0 Å². The van der Waals surface area contributed by atoms with Crippen LogP contribution in [0.2, 0.25) is 0 Å². The molecule has 0 aromatic rings. The summed E-state index contributed by atoms with van der Waals surface area (Å²) in [6, 6.07) is 0.0487. The number of carbonyl (C=O) groups is 1. The Morgan fingerprint density at radius 1 is 1.24 bits per heavy atom. The predicted molar refractivity (Wildman–Crippen MR) is 128 cm³/mol. The molecule has 1 saturated carbocycles. The van der Waals surface area contributed by atoms with E-state index in [4.69, 9.17) is 20.5 Å². The van der Waals surface area contributed by atoms with Crippen LogP contribution in [0.1, 0.15) is 86.0 Å². The maximum Gasteiger partial charge on any atom is 0.290 e. The van der Waals surface area contributed by atoms with E-state index in [0.29, 0.717) is 6.61 Å². The molecule has 2 unspecified atom stereocenters. The molecule has 2 saturated heterocycles. The Bertz CT molecular complexity index is 700. The third-order valence-electron chi connectivity index (χ3n) is 6.45. The van der Waals surface area contributed by atoms with Gasteiger partial charge in [-0.05, 0) is 84.4 Å². The molecule has 3 rings (SSSR count). The molecule has 0 aromatic heterocycles. The second-order valence-electron chi connectivity index (χ2n) is 9.48. The van der Waals surface area contributed by atoms with E-state index < -0.39 is 15.6 Å². The van der Waals surface area contributed by atoms with Gasteiger partial charge in [-0.2, -0.15) is 0 Å². The van der Waals surface area contributed by atoms with Gasteiger partial charge >= 0.3 is 0 Å². The molecule has 3 fully saturated rings. The Morgan fingerprint density at radius 2 is 1.79 bits per heavy atom. The van der Waals surface area contributed by atoms with Gasteiger partial charge in [0.15, 0.2) is 0 Å². The fourth-order valence-corrected chi connectivity index (χ4v) is 6.65. The largest absolute Gasteiger partial charge is 0.617 e. The number of carboxylic acid groups (broad SMARTS) is 1. The van der Waals surface area contributed by atoms with Crippen molar-refractivity contribution in [1.82, 2.24) is 9.62 Å². The fraction of sp³-hybridized carbons (Fsp3) is 0.909. The van der Waals surface area contributed by atoms with Crippen molar-refractivity contribution in [3.05, 3.63) is 5.84 Å². The summed E-state index contributed by atoms with van der Waals surface area (Å²) in [6.45, 7) is 11.9. The van der Waals surface area contributed by atoms with E-state index in [-0.39, 0.29) is 52.3 Å². The van der Waals surface area contributed by atoms with Gasteiger partial charge in [-0.25, -0.2) is 13.1 Å². The van der Waals surface area contributed by atoms with E-state index >= 15 is 0 Å². The third-order valence-corrected chi connectivity index (χ3v) is 7.99. The summed E-state index contributed by atoms with van der Waals surface area (Å²) >= 11 is 0. The summed E-state index contributed by atoms with van der Waals surface area (Å²) in [7, 11) is -3.22. The molecule has 33 heavy (non-hydrogen) atoms. The van der Waals surface area contributed by atoms with E-state index in [2.05, 4.69) is 35.5 Å². The number of hydrogen-bond acceptors (Lipinski definition) is 6. The molecule has 0 bridgehead atoms. The number of rotatable bonds is 3. The smallest absolute Gasteiger partial charge is 0.290 e. The minimum atomic E-state index is -3.22. The zero-order chi connectivity index (χ0) is 24.4. The summed E-state index contributed by atoms with van der Waals surface area (Å²) in [4.78, 5) is 10.8. The van der Waals surface area contributed by atoms with Crippen LogP contribution < -0.4 is 4.72 Å². The molecule has 1 aliphatic carbocycles. The van der Waals surface area contributed by atoms with E-state index in [1.165, 1.54) is 0 Å². The van der Waals surface area contributed by atoms with Crippen molar-refractivity contribution in [1.29, 1.82) is 0 Å². The summed E-state index contributed by atoms with van der Waals surface area (Å²) in [5.74, 6) is 7.39. The van der Waals surface area contributed by atoms with Gasteiger partial charge in [0, 0.05) is 27.9 Å². The van der Waals surface area contributed by atoms with Crippen LogP contribution in [-0.4, -0.2) is 72.7 Å². The Kier molecular flexibility index (Phi) is 14.6. The fourth-order valence-electron chi connectivity index (χ4n) is 5.07. The third kappa shape index (κ3) is 9.58. The summed E-state index contributed by atoms with van der Waals surface area (Å²) in [5.41, 5.74) is 0.507. The standard InChI is InChI=1S/C19H35N4O3S.C2H6.CH2O2.Ta/c1-18(2,3)23-12-4-10-19(11-5-13-27(24,25)22-19)17(23)14-26-16-8-6-15(21-20)7-9-16;1-2;2-1-3;/h16-17,20,22H,4-14H2,1-3H3;1-2H3;1H,(H,2,3);/q-1;;;. The van der Waals surface area contributed by atoms with Gasteiger partial charge in [-0.15, -0.1) is 0 Å². The van der Waals surface area contributed by atoms with Crippen molar-refractivity contribution >= 4 is 22.2 Å². The van der Waals surface area contributed by atoms with Gasteiger partial charge in [0.2, 0.25) is 10.0 Å². The molecule has 3 N–H and O–H groups in total. The van der Waals surface area contributed by atoms with Crippen LogP contribution in [0.5, 0.6) is 0 Å². The molecule has 11 heteroatoms. The zero-order valence-electron chi connectivity index (χ0n) is 20.8. The molecule has 1 radical (unpaired) electrons. The quantitative estimate of drug-likeness (QED) is 0.351. The summed E-state index contributed by atoms with van der Waals surface area (Å²) in [5, 5.41) is 10.5. The molecule has 3 aliphatic rings. The van der Waals surface area contributed by atoms with Crippen molar-refractivity contribution in [3.63, 3.8) is 0 Å². The van der Waals surface area contributed by atoms with Gasteiger partial charge in [0.25, 0.3) is 6.47 Å². The van der Waals surface area contributed by atoms with Crippen LogP contribution in [0.4, 0.5) is 0 Å². The van der Waals surface area contributed by atoms with Gasteiger partial charge in [-0.3, -0.25) is 9.69 Å². The minimum absolute atomic E-state index is 0. The van der Waals surface area contributed by atoms with Crippen molar-refractivity contribution in [2.45, 2.75) is 109 Å². The van der Waals surface area contributed by atoms with Crippen molar-refractivity contribution in [2.75, 3.05) is 18.9 Å². The molecular weight excluding hydrogens is 613 g/mol. The molecule has 2 atom stereocenters. The summed E-state index contributed by atoms with van der Waals surface area (Å²) < 4.78 is 34.2. The molecule has 0 aromatic carbocycles. The van der Waals surface area contributed by atoms with Crippen molar-refractivity contribution in [2.24, 2.45) is 5.10 Å². The number of hydrogen-bond donors (Lipinski definition) is 2. The maximum atomic E-state index is 12.4. The van der Waals surface area contributed by atoms with Gasteiger partial charge in [0.1, 0.15) is 0 Å². The first-order valence-corrected chi connectivity index (χ1v) is 13.4. The van der Waals surface area contributed by atoms with Crippen LogP contribution in [0.3, 0.4) is 0 Å². The number of nitrogens with zero attached hydrogens (tertiary/aromatic N) is 2. The molecule has 9 nitrogen and oxygen atoms in total. The number of nitrogens with one attached hydrogen (secondary N) is 2. The predicted octanol–water partition coefficient (Wildman–Crippen LogP) is 3.79. The molecular formula is C22H43N4O5STa-. The van der Waals surface area contributed by atoms with Crippen LogP contribution in [-0.2, 0) is 41.9 Å². The van der Waals surface area contributed by atoms with Crippen LogP contribution in [0.25, 0.3) is 5.84 Å². The van der Waals surface area contributed by atoms with Gasteiger partial charge in [0.05, 0.1) is 30.0 Å². The molecule has 0 amide bonds. The van der Waals surface area contributed by atoms with E-state index in [1.807, 2.05) is 13.8 Å². The van der Waals surface area contributed by atoms with Crippen LogP contribution in [0, 0.1) is 0 Å². The number of ether oxygens (including phenoxy) is 1. The minimum Gasteiger partial charge on any atom is -0.617 e. The number of sulfonamides is 1. The average Bonchev–Trinajstić information content (AvgIpc) is 2.73. The summed E-state index contributed by atoms with van der Waals surface area (Å²) in [6.07, 6.45) is 7.13. The van der Waals surface area contributed by atoms with Crippen molar-refractivity contribution < 1.29 is 45.4 Å². The monoisotopic (exact) mass is 656 g/mol. The normalized spacial score (nSPS) is 29.4. The van der Waals surface area contributed by atoms with E-state index in [9.17, 15) is 8.42 Å². The van der Waals surface area contributed by atoms with Gasteiger partial charge < -0.3 is 20.8 Å². The molecule has 2 heterocycles. The number of likely N-dealkylation sites (tertiary alicyclic amines) is 1. The Morgan fingerprint density at radius 3 is 2.27 bits per heavy atom. The first-order chi connectivity index (χ1) is 15.1. The second kappa shape index (κ2) is 14.8. The van der Waals surface area contributed by atoms with E-state index in [1.54, 1.807) is 0 Å². The molecule has 1 spiro atoms. The Hall–Kier alpha value is -0.490. The first-order valence-electron chi connectivity index (χ1n) is 11.8. The van der Waals surface area contributed by atoms with E-state index in [0.717, 1.165) is 63.6 Å².